The molecule has 1 rings (SSSR count). The van der Waals surface area contributed by atoms with E-state index in [2.05, 4.69) is 10.8 Å². The Morgan fingerprint density at radius 1 is 1.53 bits per heavy atom. The Labute approximate surface area is 91.7 Å². The maximum absolute atomic E-state index is 12.0. The number of carbonyl (C=O) groups is 1. The monoisotopic (exact) mass is 214 g/mol. The fourth-order valence-electron chi connectivity index (χ4n) is 1.71. The third kappa shape index (κ3) is 3.18. The predicted octanol–water partition coefficient (Wildman–Crippen LogP) is 1.22. The Morgan fingerprint density at radius 3 is 2.60 bits per heavy atom. The lowest BCUT2D eigenvalue weighted by Gasteiger charge is -2.27. The third-order valence-corrected chi connectivity index (χ3v) is 2.85. The number of nitrogens with one attached hydrogen (secondary N) is 2. The molecule has 1 heterocycles. The van der Waals surface area contributed by atoms with E-state index >= 15 is 0 Å². The molecule has 15 heavy (non-hydrogen) atoms. The molecule has 4 heteroatoms. The van der Waals surface area contributed by atoms with E-state index in [0.29, 0.717) is 0 Å². The molecule has 1 fully saturated rings. The molecule has 0 spiro atoms. The van der Waals surface area contributed by atoms with Gasteiger partial charge in [0.15, 0.2) is 0 Å². The number of rotatable bonds is 3. The fraction of sp³-hybridized carbons (Fsp3) is 0.909. The van der Waals surface area contributed by atoms with Gasteiger partial charge in [-0.3, -0.25) is 9.63 Å². The van der Waals surface area contributed by atoms with E-state index in [4.69, 9.17) is 4.84 Å². The van der Waals surface area contributed by atoms with E-state index in [1.807, 2.05) is 27.7 Å². The lowest BCUT2D eigenvalue weighted by molar-refractivity contribution is -0.155. The van der Waals surface area contributed by atoms with Crippen LogP contribution in [0.25, 0.3) is 0 Å². The van der Waals surface area contributed by atoms with Crippen molar-refractivity contribution >= 4 is 5.91 Å². The van der Waals surface area contributed by atoms with Crippen molar-refractivity contribution in [3.8, 4) is 0 Å². The third-order valence-electron chi connectivity index (χ3n) is 2.85. The molecule has 0 aromatic heterocycles. The van der Waals surface area contributed by atoms with Crippen molar-refractivity contribution in [2.45, 2.75) is 46.1 Å². The fourth-order valence-corrected chi connectivity index (χ4v) is 1.71. The first-order chi connectivity index (χ1) is 6.90. The van der Waals surface area contributed by atoms with Gasteiger partial charge in [-0.2, -0.15) is 0 Å². The van der Waals surface area contributed by atoms with Crippen LogP contribution in [0.15, 0.2) is 0 Å². The van der Waals surface area contributed by atoms with Gasteiger partial charge >= 0.3 is 0 Å². The quantitative estimate of drug-likeness (QED) is 0.695. The molecule has 1 aliphatic heterocycles. The highest BCUT2D eigenvalue weighted by molar-refractivity contribution is 5.82. The largest absolute Gasteiger partial charge is 0.316 e. The van der Waals surface area contributed by atoms with Crippen molar-refractivity contribution < 1.29 is 9.63 Å². The summed E-state index contributed by atoms with van der Waals surface area (Å²) < 4.78 is 0. The first-order valence-electron chi connectivity index (χ1n) is 5.59. The Kier molecular flexibility index (Phi) is 3.73. The van der Waals surface area contributed by atoms with Gasteiger partial charge in [-0.25, -0.2) is 5.48 Å². The van der Waals surface area contributed by atoms with Crippen molar-refractivity contribution in [2.24, 2.45) is 5.41 Å². The van der Waals surface area contributed by atoms with E-state index in [1.165, 1.54) is 0 Å². The minimum Gasteiger partial charge on any atom is -0.316 e. The maximum atomic E-state index is 12.0. The molecule has 1 amide bonds. The van der Waals surface area contributed by atoms with Crippen LogP contribution in [0, 0.1) is 5.41 Å². The van der Waals surface area contributed by atoms with Gasteiger partial charge in [0, 0.05) is 6.54 Å². The summed E-state index contributed by atoms with van der Waals surface area (Å²) in [4.78, 5) is 17.3. The van der Waals surface area contributed by atoms with Crippen LogP contribution >= 0.6 is 0 Å². The minimum atomic E-state index is -0.337. The number of hydrogen-bond acceptors (Lipinski definition) is 3. The van der Waals surface area contributed by atoms with Gasteiger partial charge in [0.05, 0.1) is 11.0 Å². The number of hydroxylamine groups is 1. The molecule has 1 unspecified atom stereocenters. The van der Waals surface area contributed by atoms with Gasteiger partial charge in [-0.05, 0) is 40.2 Å². The molecule has 0 radical (unpaired) electrons. The number of carbonyl (C=O) groups excluding carboxylic acids is 1. The summed E-state index contributed by atoms with van der Waals surface area (Å²) in [6.07, 6.45) is 1.74. The van der Waals surface area contributed by atoms with Gasteiger partial charge in [-0.1, -0.05) is 6.92 Å². The molecule has 4 nitrogen and oxygen atoms in total. The second-order valence-electron chi connectivity index (χ2n) is 5.21. The number of amides is 1. The second kappa shape index (κ2) is 4.49. The molecule has 0 aromatic carbocycles. The first kappa shape index (κ1) is 12.5. The zero-order valence-electron chi connectivity index (χ0n) is 10.1. The normalized spacial score (nSPS) is 26.7. The van der Waals surface area contributed by atoms with Gasteiger partial charge in [0.2, 0.25) is 0 Å². The van der Waals surface area contributed by atoms with Gasteiger partial charge < -0.3 is 5.32 Å². The molecule has 0 saturated carbocycles. The van der Waals surface area contributed by atoms with E-state index in [-0.39, 0.29) is 16.9 Å². The van der Waals surface area contributed by atoms with E-state index in [9.17, 15) is 4.79 Å². The second-order valence-corrected chi connectivity index (χ2v) is 5.21. The molecule has 0 aromatic rings. The van der Waals surface area contributed by atoms with Gasteiger partial charge in [0.1, 0.15) is 0 Å². The van der Waals surface area contributed by atoms with E-state index < -0.39 is 0 Å². The molecule has 2 N–H and O–H groups in total. The van der Waals surface area contributed by atoms with Crippen LogP contribution in [0.3, 0.4) is 0 Å². The minimum absolute atomic E-state index is 0.00456. The summed E-state index contributed by atoms with van der Waals surface area (Å²) in [5.74, 6) is 0.00456. The average molecular weight is 214 g/mol. The first-order valence-corrected chi connectivity index (χ1v) is 5.59. The SMILES string of the molecule is CCC1(C(=O)NOC(C)(C)C)CCNC1. The molecule has 88 valence electrons. The summed E-state index contributed by atoms with van der Waals surface area (Å²) in [6.45, 7) is 9.46. The van der Waals surface area contributed by atoms with Gasteiger partial charge in [-0.15, -0.1) is 0 Å². The van der Waals surface area contributed by atoms with E-state index in [1.54, 1.807) is 0 Å². The van der Waals surface area contributed by atoms with E-state index in [0.717, 1.165) is 25.9 Å². The van der Waals surface area contributed by atoms with Crippen molar-refractivity contribution in [3.05, 3.63) is 0 Å². The molecule has 0 bridgehead atoms. The molecular weight excluding hydrogens is 192 g/mol. The van der Waals surface area contributed by atoms with Crippen molar-refractivity contribution in [3.63, 3.8) is 0 Å². The zero-order chi connectivity index (χ0) is 11.5. The lowest BCUT2D eigenvalue weighted by atomic mass is 9.83. The smallest absolute Gasteiger partial charge is 0.251 e. The summed E-state index contributed by atoms with van der Waals surface area (Å²) in [5.41, 5.74) is 1.97. The van der Waals surface area contributed by atoms with Crippen molar-refractivity contribution in [1.82, 2.24) is 10.8 Å². The van der Waals surface area contributed by atoms with Gasteiger partial charge in [0.25, 0.3) is 5.91 Å². The maximum Gasteiger partial charge on any atom is 0.251 e. The standard InChI is InChI=1S/C11H22N2O2/c1-5-11(6-7-12-8-11)9(14)13-15-10(2,3)4/h12H,5-8H2,1-4H3,(H,13,14). The Balaban J connectivity index is 2.51. The van der Waals surface area contributed by atoms with Crippen molar-refractivity contribution in [1.29, 1.82) is 0 Å². The van der Waals surface area contributed by atoms with Crippen LogP contribution in [0.2, 0.25) is 0 Å². The highest BCUT2D eigenvalue weighted by atomic mass is 16.7. The molecule has 1 atom stereocenters. The Bertz CT molecular complexity index is 227. The van der Waals surface area contributed by atoms with Crippen LogP contribution in [-0.4, -0.2) is 24.6 Å². The average Bonchev–Trinajstić information content (AvgIpc) is 2.62. The van der Waals surface area contributed by atoms with Crippen LogP contribution < -0.4 is 10.8 Å². The number of hydrogen-bond donors (Lipinski definition) is 2. The van der Waals surface area contributed by atoms with Crippen LogP contribution in [0.1, 0.15) is 40.5 Å². The molecule has 1 aliphatic rings. The molecule has 1 saturated heterocycles. The van der Waals surface area contributed by atoms with Crippen LogP contribution in [0.5, 0.6) is 0 Å². The topological polar surface area (TPSA) is 50.4 Å². The summed E-state index contributed by atoms with van der Waals surface area (Å²) in [5, 5.41) is 3.23. The lowest BCUT2D eigenvalue weighted by Crippen LogP contribution is -2.44. The Hall–Kier alpha value is -0.610. The van der Waals surface area contributed by atoms with Crippen LogP contribution in [0.4, 0.5) is 0 Å². The summed E-state index contributed by atoms with van der Waals surface area (Å²) >= 11 is 0. The van der Waals surface area contributed by atoms with Crippen LogP contribution in [-0.2, 0) is 9.63 Å². The highest BCUT2D eigenvalue weighted by Gasteiger charge is 2.40. The van der Waals surface area contributed by atoms with Crippen molar-refractivity contribution in [2.75, 3.05) is 13.1 Å². The summed E-state index contributed by atoms with van der Waals surface area (Å²) in [7, 11) is 0. The predicted molar refractivity (Wildman–Crippen MR) is 59.2 cm³/mol. The summed E-state index contributed by atoms with van der Waals surface area (Å²) in [6, 6.07) is 0. The highest BCUT2D eigenvalue weighted by Crippen LogP contribution is 2.29. The molecular formula is C11H22N2O2. The molecule has 0 aliphatic carbocycles. The Morgan fingerprint density at radius 2 is 2.20 bits per heavy atom. The zero-order valence-corrected chi connectivity index (χ0v) is 10.1.